The highest BCUT2D eigenvalue weighted by molar-refractivity contribution is 8.26. The third kappa shape index (κ3) is 4.47. The summed E-state index contributed by atoms with van der Waals surface area (Å²) in [7, 11) is 0. The van der Waals surface area contributed by atoms with E-state index in [0.29, 0.717) is 5.02 Å². The van der Waals surface area contributed by atoms with Crippen LogP contribution in [-0.2, 0) is 9.59 Å². The van der Waals surface area contributed by atoms with Gasteiger partial charge in [0.05, 0.1) is 10.6 Å². The van der Waals surface area contributed by atoms with E-state index < -0.39 is 17.6 Å². The number of thiocarbonyl (C=S) groups is 1. The molecule has 2 amide bonds. The van der Waals surface area contributed by atoms with E-state index in [0.717, 1.165) is 16.7 Å². The number of thioether (sulfide) groups is 1. The van der Waals surface area contributed by atoms with Gasteiger partial charge in [-0.05, 0) is 30.3 Å². The maximum atomic E-state index is 13.8. The van der Waals surface area contributed by atoms with Crippen LogP contribution in [0.3, 0.4) is 0 Å². The van der Waals surface area contributed by atoms with Crippen LogP contribution in [0.4, 0.5) is 10.1 Å². The lowest BCUT2D eigenvalue weighted by atomic mass is 10.2. The van der Waals surface area contributed by atoms with Crippen LogP contribution in [0.15, 0.2) is 47.4 Å². The van der Waals surface area contributed by atoms with E-state index in [4.69, 9.17) is 23.8 Å². The number of nitrogens with one attached hydrogen (secondary N) is 1. The number of halogens is 2. The van der Waals surface area contributed by atoms with Crippen molar-refractivity contribution < 1.29 is 19.1 Å². The number of carbonyl (C=O) groups is 2. The quantitative estimate of drug-likeness (QED) is 0.442. The summed E-state index contributed by atoms with van der Waals surface area (Å²) in [5.74, 6) is -1.66. The first-order valence-corrected chi connectivity index (χ1v) is 9.23. The lowest BCUT2D eigenvalue weighted by molar-refractivity contribution is -0.126. The molecule has 0 bridgehead atoms. The topological polar surface area (TPSA) is 69.6 Å². The van der Waals surface area contributed by atoms with Crippen LogP contribution in [0.2, 0.25) is 5.02 Å². The first-order chi connectivity index (χ1) is 12.8. The van der Waals surface area contributed by atoms with Crippen molar-refractivity contribution in [2.45, 2.75) is 0 Å². The van der Waals surface area contributed by atoms with Gasteiger partial charge in [-0.15, -0.1) is 0 Å². The Morgan fingerprint density at radius 1 is 1.33 bits per heavy atom. The lowest BCUT2D eigenvalue weighted by Crippen LogP contribution is -2.36. The van der Waals surface area contributed by atoms with Crippen molar-refractivity contribution in [2.24, 2.45) is 0 Å². The molecule has 5 nitrogen and oxygen atoms in total. The normalized spacial score (nSPS) is 15.5. The number of anilines is 1. The average Bonchev–Trinajstić information content (AvgIpc) is 2.87. The van der Waals surface area contributed by atoms with Crippen molar-refractivity contribution in [1.82, 2.24) is 4.90 Å². The summed E-state index contributed by atoms with van der Waals surface area (Å²) < 4.78 is 14.0. The second-order valence-corrected chi connectivity index (χ2v) is 7.61. The second kappa shape index (κ2) is 8.08. The van der Waals surface area contributed by atoms with Crippen LogP contribution in [0.25, 0.3) is 6.08 Å². The first-order valence-electron chi connectivity index (χ1n) is 7.63. The van der Waals surface area contributed by atoms with E-state index >= 15 is 0 Å². The third-order valence-electron chi connectivity index (χ3n) is 3.60. The number of phenolic OH excluding ortho intramolecular Hbond substituents is 1. The maximum absolute atomic E-state index is 13.8. The summed E-state index contributed by atoms with van der Waals surface area (Å²) in [6.45, 7) is -0.342. The van der Waals surface area contributed by atoms with E-state index in [-0.39, 0.29) is 32.8 Å². The molecule has 0 saturated carbocycles. The summed E-state index contributed by atoms with van der Waals surface area (Å²) in [6.07, 6.45) is 1.40. The van der Waals surface area contributed by atoms with E-state index in [2.05, 4.69) is 5.32 Å². The Kier molecular flexibility index (Phi) is 5.79. The molecule has 138 valence electrons. The van der Waals surface area contributed by atoms with Crippen LogP contribution < -0.4 is 5.32 Å². The molecule has 0 aliphatic carbocycles. The number of rotatable bonds is 4. The number of nitrogens with zero attached hydrogens (tertiary/aromatic N) is 1. The lowest BCUT2D eigenvalue weighted by Gasteiger charge is -2.14. The van der Waals surface area contributed by atoms with Gasteiger partial charge in [0.15, 0.2) is 0 Å². The van der Waals surface area contributed by atoms with E-state index in [1.165, 1.54) is 36.4 Å². The van der Waals surface area contributed by atoms with Gasteiger partial charge in [-0.1, -0.05) is 53.8 Å². The molecule has 3 rings (SSSR count). The molecule has 0 unspecified atom stereocenters. The van der Waals surface area contributed by atoms with E-state index in [9.17, 15) is 19.1 Å². The van der Waals surface area contributed by atoms with Gasteiger partial charge in [-0.2, -0.15) is 0 Å². The van der Waals surface area contributed by atoms with Gasteiger partial charge in [-0.25, -0.2) is 4.39 Å². The molecule has 1 aliphatic rings. The molecular formula is C18H12ClFN2O3S2. The van der Waals surface area contributed by atoms with Crippen molar-refractivity contribution in [1.29, 1.82) is 0 Å². The fourth-order valence-electron chi connectivity index (χ4n) is 2.31. The summed E-state index contributed by atoms with van der Waals surface area (Å²) in [4.78, 5) is 26.1. The largest absolute Gasteiger partial charge is 0.506 e. The van der Waals surface area contributed by atoms with Gasteiger partial charge in [0.2, 0.25) is 5.91 Å². The SMILES string of the molecule is O=C(CN1C(=O)/C(=C/c2ccccc2F)SC1=S)Nc1cc(Cl)ccc1O. The molecular weight excluding hydrogens is 411 g/mol. The Labute approximate surface area is 168 Å². The van der Waals surface area contributed by atoms with Crippen molar-refractivity contribution >= 4 is 63.5 Å². The summed E-state index contributed by atoms with van der Waals surface area (Å²) in [5, 5.41) is 12.6. The molecule has 27 heavy (non-hydrogen) atoms. The van der Waals surface area contributed by atoms with Crippen LogP contribution in [0, 0.1) is 5.82 Å². The molecule has 1 aliphatic heterocycles. The standard InChI is InChI=1S/C18H12ClFN2O3S2/c19-11-5-6-14(23)13(8-11)21-16(24)9-22-17(25)15(27-18(22)26)7-10-3-1-2-4-12(10)20/h1-8,23H,9H2,(H,21,24)/b15-7-. The molecule has 0 atom stereocenters. The maximum Gasteiger partial charge on any atom is 0.266 e. The number of benzene rings is 2. The number of aromatic hydroxyl groups is 1. The minimum Gasteiger partial charge on any atom is -0.506 e. The van der Waals surface area contributed by atoms with E-state index in [1.54, 1.807) is 12.1 Å². The molecule has 0 aromatic heterocycles. The van der Waals surface area contributed by atoms with E-state index in [1.807, 2.05) is 0 Å². The number of hydrogen-bond acceptors (Lipinski definition) is 5. The van der Waals surface area contributed by atoms with Crippen molar-refractivity contribution in [3.63, 3.8) is 0 Å². The Bertz CT molecular complexity index is 981. The first kappa shape index (κ1) is 19.3. The minimum absolute atomic E-state index is 0.125. The smallest absolute Gasteiger partial charge is 0.266 e. The molecule has 1 heterocycles. The molecule has 0 spiro atoms. The summed E-state index contributed by atoms with van der Waals surface area (Å²) in [5.41, 5.74) is 0.381. The molecule has 0 radical (unpaired) electrons. The summed E-state index contributed by atoms with van der Waals surface area (Å²) in [6, 6.07) is 10.2. The Hall–Kier alpha value is -2.42. The zero-order valence-corrected chi connectivity index (χ0v) is 16.0. The third-order valence-corrected chi connectivity index (χ3v) is 5.21. The molecule has 2 aromatic rings. The van der Waals surface area contributed by atoms with Crippen molar-refractivity contribution in [3.05, 3.63) is 63.8 Å². The second-order valence-electron chi connectivity index (χ2n) is 5.50. The predicted molar refractivity (Wildman–Crippen MR) is 108 cm³/mol. The highest BCUT2D eigenvalue weighted by Gasteiger charge is 2.33. The van der Waals surface area contributed by atoms with Crippen LogP contribution in [-0.4, -0.2) is 32.7 Å². The number of hydrogen-bond donors (Lipinski definition) is 2. The molecule has 9 heteroatoms. The summed E-state index contributed by atoms with van der Waals surface area (Å²) >= 11 is 12.0. The predicted octanol–water partition coefficient (Wildman–Crippen LogP) is 4.02. The molecule has 1 saturated heterocycles. The Morgan fingerprint density at radius 3 is 2.81 bits per heavy atom. The Morgan fingerprint density at radius 2 is 2.07 bits per heavy atom. The fourth-order valence-corrected chi connectivity index (χ4v) is 3.73. The van der Waals surface area contributed by atoms with Crippen molar-refractivity contribution in [2.75, 3.05) is 11.9 Å². The minimum atomic E-state index is -0.559. The van der Waals surface area contributed by atoms with Crippen LogP contribution >= 0.6 is 35.6 Å². The van der Waals surface area contributed by atoms with Crippen LogP contribution in [0.1, 0.15) is 5.56 Å². The van der Waals surface area contributed by atoms with Gasteiger partial charge in [0.1, 0.15) is 22.4 Å². The van der Waals surface area contributed by atoms with Crippen LogP contribution in [0.5, 0.6) is 5.75 Å². The Balaban J connectivity index is 1.73. The van der Waals surface area contributed by atoms with Gasteiger partial charge >= 0.3 is 0 Å². The fraction of sp³-hybridized carbons (Fsp3) is 0.0556. The average molecular weight is 423 g/mol. The van der Waals surface area contributed by atoms with Crippen molar-refractivity contribution in [3.8, 4) is 5.75 Å². The van der Waals surface area contributed by atoms with Gasteiger partial charge < -0.3 is 10.4 Å². The molecule has 1 fully saturated rings. The van der Waals surface area contributed by atoms with Gasteiger partial charge in [-0.3, -0.25) is 14.5 Å². The zero-order valence-electron chi connectivity index (χ0n) is 13.6. The number of amides is 2. The monoisotopic (exact) mass is 422 g/mol. The number of phenols is 1. The van der Waals surface area contributed by atoms with Gasteiger partial charge in [0.25, 0.3) is 5.91 Å². The number of carbonyl (C=O) groups excluding carboxylic acids is 2. The zero-order chi connectivity index (χ0) is 19.6. The highest BCUT2D eigenvalue weighted by Crippen LogP contribution is 2.33. The molecule has 2 N–H and O–H groups in total. The highest BCUT2D eigenvalue weighted by atomic mass is 35.5. The van der Waals surface area contributed by atoms with Gasteiger partial charge in [0, 0.05) is 10.6 Å². The molecule has 2 aromatic carbocycles.